The molecule has 2 amide bonds. The van der Waals surface area contributed by atoms with Crippen LogP contribution in [0.25, 0.3) is 0 Å². The third kappa shape index (κ3) is 16.4. The predicted octanol–water partition coefficient (Wildman–Crippen LogP) is 11.6. The molecule has 11 N–H and O–H groups in total. The fourth-order valence-electron chi connectivity index (χ4n) is 23.8. The maximum absolute atomic E-state index is 13.8. The lowest BCUT2D eigenvalue weighted by molar-refractivity contribution is -0.124. The van der Waals surface area contributed by atoms with Crippen molar-refractivity contribution in [3.63, 3.8) is 0 Å². The molecule has 0 aromatic heterocycles. The van der Waals surface area contributed by atoms with Crippen LogP contribution in [0.1, 0.15) is 150 Å². The first kappa shape index (κ1) is 97.2. The second kappa shape index (κ2) is 40.0. The largest absolute Gasteiger partial charge is 0.504 e. The van der Waals surface area contributed by atoms with Crippen LogP contribution in [0.5, 0.6) is 86.2 Å². The molecule has 32 nitrogen and oxygen atoms in total. The predicted molar refractivity (Wildman–Crippen MR) is 516 cm³/mol. The number of nitriles is 3. The number of nitrogens with zero attached hydrogens (tertiary/aromatic N) is 9. The van der Waals surface area contributed by atoms with E-state index in [9.17, 15) is 40.7 Å². The standard InChI is InChI=1S/C39H44N6O6S.C32H39N5O6.C29H34N4O5.CH2Cl2/c1-7-13-49-35-21(3)36-37(51-19-50-36)31-25(35)16-27-32-30-23(14-20(2)34(48-6)33(30)46)15-26(44(32)5)28(17-40)45(27)29(31)18-41-38(47)22(4)42-39(52)43-24-11-9-8-10-12-24;1-7-8-41-29-16(3)30-31(43-14-42-30)25-19(29)11-21-26-24-18(9-15(2)28(40-6)27(24)38)10-20(36(26)5)22(12-33)37(21)23(25)13-35-32(39)17(4)34;1-6-7-36-27-15(3)28-29(38-13-37-28)23-17(27)10-19-24-22-16(8-14(2)26(35-5)25(22)34)9-18(32(24)4)20(11-30)33(19)21(23)12-31;2-1-3/h7-12,14,22,26-29,32,46H,1,13,15-16,18-19H2,2-6H3,(H,41,47)(H2,42,43,52);7,9,17,20-23,26,38H,1,8,10-11,13-14,34H2,2-6H3,(H,35,39);6,8,18-21,24,34H,1,7,9-10,12-13,31H2,2-5H3;1H2/t22-,26+,27?,28+,29+,32+;17-,20-,21?,22-,23-,26-;18-,19?,20-,21-,24-;/m100./s1. The summed E-state index contributed by atoms with van der Waals surface area (Å²) in [6.45, 7) is 28.4. The van der Waals surface area contributed by atoms with Crippen molar-refractivity contribution < 1.29 is 81.8 Å². The number of ether oxygens (including phenoxy) is 12. The number of nitrogens with one attached hydrogen (secondary N) is 4. The Hall–Kier alpha value is -11.9. The quantitative estimate of drug-likeness (QED) is 0.0183. The Morgan fingerprint density at radius 3 is 1.13 bits per heavy atom. The van der Waals surface area contributed by atoms with E-state index in [0.717, 1.165) is 112 Å². The molecule has 0 aliphatic carbocycles. The minimum absolute atomic E-state index is 0.0406. The van der Waals surface area contributed by atoms with Gasteiger partial charge in [-0.05, 0) is 173 Å². The molecule has 12 aliphatic heterocycles. The molecule has 720 valence electrons. The molecule has 6 bridgehead atoms. The van der Waals surface area contributed by atoms with Gasteiger partial charge in [0.2, 0.25) is 32.2 Å². The van der Waals surface area contributed by atoms with E-state index in [4.69, 9.17) is 104 Å². The lowest BCUT2D eigenvalue weighted by atomic mass is 9.71. The zero-order valence-corrected chi connectivity index (χ0v) is 81.3. The van der Waals surface area contributed by atoms with Crippen molar-refractivity contribution in [2.45, 2.75) is 197 Å². The van der Waals surface area contributed by atoms with E-state index in [2.05, 4.69) is 114 Å². The fraction of sp³-hybridized carbons (Fsp3) is 0.465. The average Bonchev–Trinajstić information content (AvgIpc) is 0.828. The van der Waals surface area contributed by atoms with Crippen molar-refractivity contribution in [2.75, 3.05) is 113 Å². The van der Waals surface area contributed by atoms with Crippen LogP contribution >= 0.6 is 35.4 Å². The number of para-hydroxylation sites is 1. The number of methoxy groups -OCH3 is 3. The number of alkyl halides is 2. The molecule has 19 rings (SSSR count). The fourth-order valence-corrected chi connectivity index (χ4v) is 24.1. The molecule has 12 aliphatic rings. The van der Waals surface area contributed by atoms with Gasteiger partial charge in [-0.1, -0.05) is 74.4 Å². The highest BCUT2D eigenvalue weighted by atomic mass is 35.5. The number of halogens is 2. The highest BCUT2D eigenvalue weighted by Crippen LogP contribution is 2.64. The molecule has 17 atom stereocenters. The molecular weight excluding hydrogens is 1800 g/mol. The number of piperazine rings is 3. The zero-order chi connectivity index (χ0) is 97.2. The molecule has 7 aromatic carbocycles. The van der Waals surface area contributed by atoms with Crippen LogP contribution in [0.4, 0.5) is 5.69 Å². The number of aromatic hydroxyl groups is 3. The van der Waals surface area contributed by atoms with Crippen molar-refractivity contribution in [1.29, 1.82) is 15.8 Å². The summed E-state index contributed by atoms with van der Waals surface area (Å²) in [6.07, 6.45) is 8.47. The number of phenolic OH excluding ortho intramolecular Hbond substituents is 3. The van der Waals surface area contributed by atoms with Gasteiger partial charge in [-0.15, -0.1) is 23.2 Å². The summed E-state index contributed by atoms with van der Waals surface area (Å²) in [5.74, 6) is 7.10. The first-order valence-corrected chi connectivity index (χ1v) is 47.2. The van der Waals surface area contributed by atoms with Crippen LogP contribution in [-0.4, -0.2) is 236 Å². The van der Waals surface area contributed by atoms with Gasteiger partial charge >= 0.3 is 0 Å². The summed E-state index contributed by atoms with van der Waals surface area (Å²) in [5, 5.41) is 80.0. The van der Waals surface area contributed by atoms with Crippen molar-refractivity contribution in [1.82, 2.24) is 45.3 Å². The summed E-state index contributed by atoms with van der Waals surface area (Å²) >= 11 is 15.0. The van der Waals surface area contributed by atoms with Gasteiger partial charge < -0.3 is 105 Å². The van der Waals surface area contributed by atoms with Gasteiger partial charge in [-0.3, -0.25) is 39.0 Å². The van der Waals surface area contributed by atoms with Gasteiger partial charge in [-0.25, -0.2) is 0 Å². The van der Waals surface area contributed by atoms with Crippen LogP contribution in [-0.2, 0) is 48.1 Å². The number of benzene rings is 7. The Kier molecular flexibility index (Phi) is 28.6. The van der Waals surface area contributed by atoms with E-state index in [1.165, 1.54) is 0 Å². The van der Waals surface area contributed by atoms with Gasteiger partial charge in [0.15, 0.2) is 74.1 Å². The number of fused-ring (bicyclic) bond motifs is 27. The highest BCUT2D eigenvalue weighted by Gasteiger charge is 2.61. The second-order valence-electron chi connectivity index (χ2n) is 36.3. The molecule has 35 heteroatoms. The van der Waals surface area contributed by atoms with E-state index in [-0.39, 0.29) is 135 Å². The lowest BCUT2D eigenvalue weighted by Crippen LogP contribution is -2.69. The highest BCUT2D eigenvalue weighted by molar-refractivity contribution is 7.80. The number of phenols is 3. The van der Waals surface area contributed by atoms with Crippen LogP contribution in [0, 0.1) is 75.5 Å². The smallest absolute Gasteiger partial charge is 0.242 e. The number of hydrogen-bond acceptors (Lipinski definition) is 29. The number of thiocarbonyl (C=S) groups is 1. The van der Waals surface area contributed by atoms with E-state index in [1.54, 1.807) is 53.4 Å². The number of rotatable bonds is 21. The van der Waals surface area contributed by atoms with Gasteiger partial charge in [0.1, 0.15) is 61.2 Å². The number of carbonyl (C=O) groups excluding carboxylic acids is 2. The van der Waals surface area contributed by atoms with Gasteiger partial charge in [0.25, 0.3) is 0 Å². The maximum atomic E-state index is 13.8. The van der Waals surface area contributed by atoms with E-state index < -0.39 is 42.3 Å². The van der Waals surface area contributed by atoms with E-state index in [1.807, 2.05) is 86.0 Å². The number of nitrogens with two attached hydrogens (primary N) is 2. The summed E-state index contributed by atoms with van der Waals surface area (Å²) in [4.78, 5) is 40.0. The molecule has 0 saturated carbocycles. The molecule has 3 fully saturated rings. The van der Waals surface area contributed by atoms with Crippen LogP contribution in [0.2, 0.25) is 0 Å². The normalized spacial score (nSPS) is 24.8. The summed E-state index contributed by atoms with van der Waals surface area (Å²) in [5.41, 5.74) is 29.3. The maximum Gasteiger partial charge on any atom is 0.242 e. The molecule has 136 heavy (non-hydrogen) atoms. The summed E-state index contributed by atoms with van der Waals surface area (Å²) in [6, 6.07) is 17.6. The third-order valence-corrected chi connectivity index (χ3v) is 29.4. The molecule has 12 heterocycles. The zero-order valence-electron chi connectivity index (χ0n) is 79.0. The summed E-state index contributed by atoms with van der Waals surface area (Å²) < 4.78 is 72.0. The number of aryl methyl sites for hydroxylation is 3. The number of carbonyl (C=O) groups is 2. The molecule has 3 saturated heterocycles. The minimum atomic E-state index is -0.702. The first-order chi connectivity index (χ1) is 65.5. The number of hydrogen-bond donors (Lipinski definition) is 9. The second-order valence-corrected chi connectivity index (χ2v) is 37.6. The van der Waals surface area contributed by atoms with Crippen LogP contribution in [0.3, 0.4) is 0 Å². The van der Waals surface area contributed by atoms with E-state index >= 15 is 0 Å². The monoisotopic (exact) mass is 1920 g/mol. The number of anilines is 1. The van der Waals surface area contributed by atoms with Crippen LogP contribution in [0.15, 0.2) is 86.5 Å². The Balaban J connectivity index is 0.000000147. The van der Waals surface area contributed by atoms with Gasteiger partial charge in [0.05, 0.1) is 87.2 Å². The number of amides is 2. The van der Waals surface area contributed by atoms with Crippen molar-refractivity contribution in [3.8, 4) is 104 Å². The van der Waals surface area contributed by atoms with Crippen molar-refractivity contribution >= 4 is 58.0 Å². The van der Waals surface area contributed by atoms with Gasteiger partial charge in [0, 0.05) is 128 Å². The topological polar surface area (TPSA) is 397 Å². The molecule has 0 radical (unpaired) electrons. The van der Waals surface area contributed by atoms with E-state index in [0.29, 0.717) is 127 Å². The third-order valence-electron chi connectivity index (χ3n) is 29.2. The summed E-state index contributed by atoms with van der Waals surface area (Å²) in [7, 11) is 10.8. The lowest BCUT2D eigenvalue weighted by Gasteiger charge is -2.60. The van der Waals surface area contributed by atoms with Crippen molar-refractivity contribution in [3.05, 3.63) is 187 Å². The average molecular weight is 1920 g/mol. The SMILES string of the molecule is C=CCOc1c(C)c2c(c3c1CC1[C@H]4c5c(cc(C)c(OC)c5O)C[C@@H]([C@H](C#N)N1[C@H]3CN)N4C)OCO2.C=CCOc1c(C)c2c(c3c1CC1[C@H]4c5c(cc(C)c(OC)c5O)C[C@@H]([C@H](C#N)N1[C@H]3CNC(=O)[C@@H](C)NC(=S)Nc1ccccc1)N4C)OCO2.C=CCOc1c(C)c2c(c3c1CC1[C@H]4c5c(cc(C)c(OC)c5O)C[C@@H]([C@H](C#N)N1[C@H]3CNC(=O)[C@H](C)N)N4C)OCO2.ClCCl. The number of likely N-dealkylation sites (N-methyl/N-ethyl adjacent to an activating group) is 3. The Bertz CT molecular complexity index is 6030. The van der Waals surface area contributed by atoms with Gasteiger partial charge in [-0.2, -0.15) is 15.8 Å². The van der Waals surface area contributed by atoms with Crippen LogP contribution < -0.4 is 89.6 Å². The van der Waals surface area contributed by atoms with Crippen molar-refractivity contribution in [2.24, 2.45) is 11.5 Å². The Morgan fingerprint density at radius 2 is 0.824 bits per heavy atom. The molecule has 0 spiro atoms. The molecular formula is C101H119Cl2N15O17S. The Morgan fingerprint density at radius 1 is 0.507 bits per heavy atom. The minimum Gasteiger partial charge on any atom is -0.504 e. The molecule has 7 aromatic rings. The Labute approximate surface area is 808 Å². The first-order valence-electron chi connectivity index (χ1n) is 45.7. The molecule has 3 unspecified atom stereocenters.